The number of nitrogens with one attached hydrogen (secondary N) is 3. The molecule has 0 saturated carbocycles. The minimum absolute atomic E-state index is 0.0940. The van der Waals surface area contributed by atoms with E-state index >= 15 is 0 Å². The molecule has 2 rings (SSSR count). The van der Waals surface area contributed by atoms with Crippen LogP contribution in [0, 0.1) is 27.7 Å². The molecule has 8 nitrogen and oxygen atoms in total. The van der Waals surface area contributed by atoms with Gasteiger partial charge in [-0.2, -0.15) is 0 Å². The molecule has 3 N–H and O–H groups in total. The second-order valence-electron chi connectivity index (χ2n) is 15.1. The maximum atomic E-state index is 12.8. The second kappa shape index (κ2) is 32.6. The Labute approximate surface area is 345 Å². The summed E-state index contributed by atoms with van der Waals surface area (Å²) in [6, 6.07) is 7.93. The molecule has 56 heavy (non-hydrogen) atoms. The molecule has 0 aliphatic heterocycles. The topological polar surface area (TPSA) is 121 Å². The number of aryl methyl sites for hydroxylation is 4. The van der Waals surface area contributed by atoms with Gasteiger partial charge in [0.25, 0.3) is 0 Å². The van der Waals surface area contributed by atoms with Gasteiger partial charge in [-0.25, -0.2) is 0 Å². The van der Waals surface area contributed by atoms with Crippen LogP contribution in [-0.2, 0) is 30.4 Å². The zero-order valence-corrected chi connectivity index (χ0v) is 37.3. The molecule has 0 bridgehead atoms. The number of anilines is 3. The van der Waals surface area contributed by atoms with Gasteiger partial charge < -0.3 is 16.0 Å². The van der Waals surface area contributed by atoms with Crippen LogP contribution in [-0.4, -0.2) is 28.7 Å². The van der Waals surface area contributed by atoms with Gasteiger partial charge in [0.05, 0.1) is 11.4 Å². The molecule has 316 valence electrons. The van der Waals surface area contributed by atoms with E-state index in [4.69, 9.17) is 11.6 Å². The monoisotopic (exact) mass is 798 g/mol. The first-order chi connectivity index (χ1) is 26.7. The van der Waals surface area contributed by atoms with E-state index in [0.29, 0.717) is 54.7 Å². The van der Waals surface area contributed by atoms with Crippen LogP contribution < -0.4 is 16.0 Å². The minimum atomic E-state index is -0.210. The Hall–Kier alpha value is -3.52. The summed E-state index contributed by atoms with van der Waals surface area (Å²) in [5.74, 6) is -0.286. The van der Waals surface area contributed by atoms with Crippen LogP contribution in [0.15, 0.2) is 24.3 Å². The highest BCUT2D eigenvalue weighted by atomic mass is 35.5. The van der Waals surface area contributed by atoms with Gasteiger partial charge in [0.15, 0.2) is 0 Å². The van der Waals surface area contributed by atoms with Gasteiger partial charge in [0, 0.05) is 44.2 Å². The molecular weight excluding hydrogens is 722 g/mol. The van der Waals surface area contributed by atoms with E-state index in [9.17, 15) is 24.0 Å². The van der Waals surface area contributed by atoms with Gasteiger partial charge >= 0.3 is 0 Å². The predicted octanol–water partition coefficient (Wildman–Crippen LogP) is 13.2. The predicted molar refractivity (Wildman–Crippen MR) is 238 cm³/mol. The number of carbonyl (C=O) groups excluding carboxylic acids is 5. The lowest BCUT2D eigenvalue weighted by Gasteiger charge is -2.19. The quantitative estimate of drug-likeness (QED) is 0.0682. The van der Waals surface area contributed by atoms with E-state index in [0.717, 1.165) is 96.3 Å². The fourth-order valence-corrected chi connectivity index (χ4v) is 5.98. The average molecular weight is 799 g/mol. The molecule has 0 heterocycles. The van der Waals surface area contributed by atoms with E-state index in [-0.39, 0.29) is 35.2 Å². The van der Waals surface area contributed by atoms with Crippen molar-refractivity contribution in [2.24, 2.45) is 0 Å². The highest BCUT2D eigenvalue weighted by molar-refractivity contribution is 6.63. The number of Topliss-reactive ketones (excluding diaryl/α,β-unsaturated/α-hetero) is 1. The van der Waals surface area contributed by atoms with E-state index in [1.807, 2.05) is 0 Å². The Morgan fingerprint density at radius 2 is 0.750 bits per heavy atom. The Morgan fingerprint density at radius 1 is 0.429 bits per heavy atom. The summed E-state index contributed by atoms with van der Waals surface area (Å²) < 4.78 is 0. The molecule has 0 fully saturated rings. The second-order valence-corrected chi connectivity index (χ2v) is 15.5. The molecule has 0 spiro atoms. The minimum Gasteiger partial charge on any atom is -0.326 e. The number of amides is 3. The molecule has 0 aliphatic carbocycles. The molecule has 0 radical (unpaired) electrons. The Kier molecular flexibility index (Phi) is 30.5. The van der Waals surface area contributed by atoms with Crippen molar-refractivity contribution >= 4 is 57.4 Å². The number of rotatable bonds is 25. The summed E-state index contributed by atoms with van der Waals surface area (Å²) in [5.41, 5.74) is 7.65. The molecule has 0 aliphatic rings. The number of unbranched alkanes of at least 4 members (excludes halogenated alkanes) is 10. The molecule has 0 aromatic heterocycles. The lowest BCUT2D eigenvalue weighted by atomic mass is 10.0. The van der Waals surface area contributed by atoms with E-state index in [1.165, 1.54) is 22.3 Å². The van der Waals surface area contributed by atoms with Crippen molar-refractivity contribution in [2.75, 3.05) is 16.0 Å². The third-order valence-corrected chi connectivity index (χ3v) is 9.81. The molecule has 0 unspecified atom stereocenters. The summed E-state index contributed by atoms with van der Waals surface area (Å²) in [6.07, 6.45) is 16.7. The molecule has 2 aromatic carbocycles. The number of hydrogen-bond acceptors (Lipinski definition) is 5. The highest BCUT2D eigenvalue weighted by Crippen LogP contribution is 2.32. The molecule has 3 amide bonds. The summed E-state index contributed by atoms with van der Waals surface area (Å²) in [5, 5.41) is 8.66. The van der Waals surface area contributed by atoms with Crippen molar-refractivity contribution in [3.63, 3.8) is 0 Å². The summed E-state index contributed by atoms with van der Waals surface area (Å²) in [6.45, 7) is 19.1. The zero-order chi connectivity index (χ0) is 42.3. The number of benzene rings is 2. The summed E-state index contributed by atoms with van der Waals surface area (Å²) >= 11 is 5.07. The lowest BCUT2D eigenvalue weighted by molar-refractivity contribution is -0.119. The van der Waals surface area contributed by atoms with Crippen molar-refractivity contribution in [1.29, 1.82) is 0 Å². The fraction of sp³-hybridized carbons (Fsp3) is 0.638. The van der Waals surface area contributed by atoms with Crippen LogP contribution >= 0.6 is 11.6 Å². The maximum Gasteiger partial charge on any atom is 0.224 e. The van der Waals surface area contributed by atoms with Crippen LogP contribution in [0.2, 0.25) is 0 Å². The highest BCUT2D eigenvalue weighted by Gasteiger charge is 2.18. The van der Waals surface area contributed by atoms with Crippen LogP contribution in [0.3, 0.4) is 0 Å². The Balaban J connectivity index is 0.00000136. The zero-order valence-electron chi connectivity index (χ0n) is 36.6. The molecule has 9 heteroatoms. The first-order valence-corrected chi connectivity index (χ1v) is 21.9. The van der Waals surface area contributed by atoms with Gasteiger partial charge in [-0.3, -0.25) is 24.0 Å². The number of hydrogen-bond donors (Lipinski definition) is 3. The molecule has 0 atom stereocenters. The summed E-state index contributed by atoms with van der Waals surface area (Å²) in [4.78, 5) is 60.9. The molecule has 0 saturated heterocycles. The largest absolute Gasteiger partial charge is 0.326 e. The standard InChI is InChI=1S/C31H51N3O4.C10H14.C6H11ClO/c1-5-9-13-17-25(35)21-24-22-27(33-30(37)19-15-11-7-3)28(34-31(38)20-16-12-8-4)23-26(24)32-29(36)18-14-10-6-2;1-7-5-9(3)10(4)6-8(7)2;1-2-3-4-5-6(7)8/h22-23H,5-21H2,1-4H3,(H,32,36)(H,33,37)(H,34,38);5-6H,1-4H3;2-5H2,1H3. The number of ketones is 1. The first kappa shape index (κ1) is 52.5. The van der Waals surface area contributed by atoms with Crippen LogP contribution in [0.1, 0.15) is 191 Å². The van der Waals surface area contributed by atoms with E-state index in [1.54, 1.807) is 12.1 Å². The third-order valence-electron chi connectivity index (χ3n) is 9.62. The molecule has 2 aromatic rings. The maximum absolute atomic E-state index is 12.8. The van der Waals surface area contributed by atoms with Crippen molar-refractivity contribution in [2.45, 2.75) is 197 Å². The lowest BCUT2D eigenvalue weighted by Crippen LogP contribution is -2.19. The average Bonchev–Trinajstić information content (AvgIpc) is 3.13. The first-order valence-electron chi connectivity index (χ1n) is 21.5. The van der Waals surface area contributed by atoms with Crippen LogP contribution in [0.5, 0.6) is 0 Å². The normalized spacial score (nSPS) is 10.4. The SMILES string of the molecule is CCCCCC(=O)Cc1cc(NC(=O)CCCCC)c(NC(=O)CCCCC)cc1NC(=O)CCCCC.CCCCCC(=O)Cl.Cc1cc(C)c(C)cc1C. The van der Waals surface area contributed by atoms with E-state index in [2.05, 4.69) is 90.4 Å². The van der Waals surface area contributed by atoms with Crippen LogP contribution in [0.4, 0.5) is 17.1 Å². The third kappa shape index (κ3) is 25.6. The van der Waals surface area contributed by atoms with Gasteiger partial charge in [-0.1, -0.05) is 111 Å². The van der Waals surface area contributed by atoms with Crippen molar-refractivity contribution in [3.8, 4) is 0 Å². The smallest absolute Gasteiger partial charge is 0.224 e. The van der Waals surface area contributed by atoms with Crippen LogP contribution in [0.25, 0.3) is 0 Å². The Bertz CT molecular complexity index is 1280. The number of halogens is 1. The van der Waals surface area contributed by atoms with Gasteiger partial charge in [0.1, 0.15) is 5.78 Å². The van der Waals surface area contributed by atoms with Gasteiger partial charge in [-0.05, 0) is 111 Å². The van der Waals surface area contributed by atoms with Gasteiger partial charge in [0.2, 0.25) is 23.0 Å². The van der Waals surface area contributed by atoms with Crippen molar-refractivity contribution < 1.29 is 24.0 Å². The van der Waals surface area contributed by atoms with Crippen molar-refractivity contribution in [3.05, 3.63) is 52.1 Å². The molecular formula is C47H76ClN3O5. The Morgan fingerprint density at radius 3 is 1.11 bits per heavy atom. The van der Waals surface area contributed by atoms with Gasteiger partial charge in [-0.15, -0.1) is 0 Å². The summed E-state index contributed by atoms with van der Waals surface area (Å²) in [7, 11) is 0. The van der Waals surface area contributed by atoms with E-state index < -0.39 is 0 Å². The van der Waals surface area contributed by atoms with Crippen molar-refractivity contribution in [1.82, 2.24) is 0 Å². The fourth-order valence-electron chi connectivity index (χ4n) is 5.85. The number of carbonyl (C=O) groups is 5.